The molecule has 0 fully saturated rings. The maximum absolute atomic E-state index is 13.2. The maximum atomic E-state index is 13.2. The Labute approximate surface area is 182 Å². The second kappa shape index (κ2) is 7.52. The lowest BCUT2D eigenvalue weighted by atomic mass is 9.99. The van der Waals surface area contributed by atoms with Crippen LogP contribution in [0.15, 0.2) is 78.9 Å². The summed E-state index contributed by atoms with van der Waals surface area (Å²) in [5.41, 5.74) is 2.38. The lowest BCUT2D eigenvalue weighted by Gasteiger charge is -2.27. The largest absolute Gasteiger partial charge is 0.506 e. The van der Waals surface area contributed by atoms with Crippen molar-refractivity contribution in [3.05, 3.63) is 89.5 Å². The highest BCUT2D eigenvalue weighted by atomic mass is 79.9. The van der Waals surface area contributed by atoms with E-state index in [0.29, 0.717) is 16.5 Å². The number of halogens is 2. The molecule has 1 aliphatic rings. The number of rotatable bonds is 4. The monoisotopic (exact) mass is 489 g/mol. The minimum Gasteiger partial charge on any atom is -0.506 e. The molecular formula is C22H17BrClNO3S. The van der Waals surface area contributed by atoms with E-state index in [4.69, 9.17) is 11.6 Å². The first-order valence-corrected chi connectivity index (χ1v) is 11.5. The van der Waals surface area contributed by atoms with Crippen LogP contribution in [0.25, 0.3) is 16.3 Å². The summed E-state index contributed by atoms with van der Waals surface area (Å²) in [5, 5.41) is 11.4. The van der Waals surface area contributed by atoms with Gasteiger partial charge in [0.2, 0.25) is 0 Å². The summed E-state index contributed by atoms with van der Waals surface area (Å²) in [4.78, 5) is 0. The lowest BCUT2D eigenvalue weighted by Crippen LogP contribution is -2.35. The van der Waals surface area contributed by atoms with E-state index in [1.807, 2.05) is 42.5 Å². The van der Waals surface area contributed by atoms with Gasteiger partial charge in [0.05, 0.1) is 10.7 Å². The molecule has 1 unspecified atom stereocenters. The number of fused-ring (bicyclic) bond motifs is 1. The Morgan fingerprint density at radius 3 is 2.45 bits per heavy atom. The number of benzene rings is 3. The summed E-state index contributed by atoms with van der Waals surface area (Å²) < 4.78 is 27.8. The highest BCUT2D eigenvalue weighted by Gasteiger charge is 2.40. The molecule has 3 aromatic carbocycles. The van der Waals surface area contributed by atoms with Crippen LogP contribution < -0.4 is 4.72 Å². The number of sulfonamides is 1. The van der Waals surface area contributed by atoms with E-state index in [0.717, 1.165) is 11.1 Å². The molecule has 0 bridgehead atoms. The summed E-state index contributed by atoms with van der Waals surface area (Å²) in [5.74, 6) is -0.0771. The van der Waals surface area contributed by atoms with Crippen molar-refractivity contribution in [3.8, 4) is 5.75 Å². The van der Waals surface area contributed by atoms with E-state index in [2.05, 4.69) is 20.7 Å². The molecule has 148 valence electrons. The molecule has 0 aliphatic heterocycles. The fraction of sp³-hybridized carbons (Fsp3) is 0.0909. The smallest absolute Gasteiger partial charge is 0.252 e. The number of aromatic hydroxyl groups is 1. The summed E-state index contributed by atoms with van der Waals surface area (Å²) in [7, 11) is -3.84. The van der Waals surface area contributed by atoms with Crippen molar-refractivity contribution < 1.29 is 13.5 Å². The van der Waals surface area contributed by atoms with Gasteiger partial charge in [-0.1, -0.05) is 94.3 Å². The number of phenols is 1. The van der Waals surface area contributed by atoms with Crippen molar-refractivity contribution in [1.29, 1.82) is 0 Å². The van der Waals surface area contributed by atoms with Gasteiger partial charge in [-0.15, -0.1) is 0 Å². The van der Waals surface area contributed by atoms with Crippen molar-refractivity contribution in [1.82, 2.24) is 0 Å². The number of nitrogens with one attached hydrogen (secondary N) is 1. The van der Waals surface area contributed by atoms with Crippen molar-refractivity contribution in [2.75, 3.05) is 4.72 Å². The predicted molar refractivity (Wildman–Crippen MR) is 123 cm³/mol. The van der Waals surface area contributed by atoms with Crippen LogP contribution in [0.5, 0.6) is 5.75 Å². The number of phenolic OH excluding ortho intramolecular Hbond substituents is 1. The van der Waals surface area contributed by atoms with Crippen molar-refractivity contribution >= 4 is 59.6 Å². The predicted octanol–water partition coefficient (Wildman–Crippen LogP) is 6.08. The van der Waals surface area contributed by atoms with E-state index in [1.54, 1.807) is 30.3 Å². The first-order valence-electron chi connectivity index (χ1n) is 8.87. The second-order valence-corrected chi connectivity index (χ2v) is 11.0. The molecule has 2 N–H and O–H groups in total. The van der Waals surface area contributed by atoms with Crippen LogP contribution in [-0.2, 0) is 10.0 Å². The van der Waals surface area contributed by atoms with E-state index in [9.17, 15) is 13.5 Å². The minimum absolute atomic E-state index is 0.0771. The molecule has 7 heteroatoms. The molecule has 29 heavy (non-hydrogen) atoms. The fourth-order valence-corrected chi connectivity index (χ4v) is 5.17. The van der Waals surface area contributed by atoms with Crippen LogP contribution in [0.1, 0.15) is 12.0 Å². The van der Waals surface area contributed by atoms with Crippen LogP contribution in [0.2, 0.25) is 5.02 Å². The Morgan fingerprint density at radius 1 is 1.00 bits per heavy atom. The molecule has 0 amide bonds. The highest BCUT2D eigenvalue weighted by molar-refractivity contribution is 9.11. The van der Waals surface area contributed by atoms with Gasteiger partial charge in [0, 0.05) is 17.2 Å². The molecule has 0 saturated heterocycles. The fourth-order valence-electron chi connectivity index (χ4n) is 3.28. The van der Waals surface area contributed by atoms with Crippen LogP contribution in [-0.4, -0.2) is 17.2 Å². The molecule has 1 aliphatic carbocycles. The Morgan fingerprint density at radius 2 is 1.76 bits per heavy atom. The van der Waals surface area contributed by atoms with Gasteiger partial charge in [-0.05, 0) is 23.3 Å². The van der Waals surface area contributed by atoms with E-state index in [1.165, 1.54) is 6.07 Å². The first-order chi connectivity index (χ1) is 13.8. The maximum Gasteiger partial charge on any atom is 0.252 e. The van der Waals surface area contributed by atoms with Gasteiger partial charge in [-0.3, -0.25) is 4.72 Å². The van der Waals surface area contributed by atoms with Gasteiger partial charge < -0.3 is 5.11 Å². The molecular weight excluding hydrogens is 474 g/mol. The van der Waals surface area contributed by atoms with Crippen LogP contribution in [0.4, 0.5) is 5.69 Å². The molecule has 0 radical (unpaired) electrons. The van der Waals surface area contributed by atoms with Crippen LogP contribution in [0.3, 0.4) is 0 Å². The molecule has 4 rings (SSSR count). The number of hydrogen-bond acceptors (Lipinski definition) is 3. The van der Waals surface area contributed by atoms with Crippen molar-refractivity contribution in [2.45, 2.75) is 10.1 Å². The van der Waals surface area contributed by atoms with Crippen molar-refractivity contribution in [3.63, 3.8) is 0 Å². The zero-order valence-corrected chi connectivity index (χ0v) is 18.3. The van der Waals surface area contributed by atoms with Crippen LogP contribution in [0, 0.1) is 0 Å². The number of hydrogen-bond donors (Lipinski definition) is 2. The Bertz CT molecular complexity index is 1260. The van der Waals surface area contributed by atoms with E-state index in [-0.39, 0.29) is 17.2 Å². The standard InChI is InChI=1S/C22H17BrClNO3S/c23-22(13-11-16(12-14-22)15-5-2-1-3-6-15)29(27,28)25-20-8-4-7-18-17(20)9-10-19(24)21(18)26/h1-13,25-26H,14H2. The molecule has 0 heterocycles. The van der Waals surface area contributed by atoms with Gasteiger partial charge in [0.15, 0.2) is 3.66 Å². The third kappa shape index (κ3) is 3.68. The molecule has 0 spiro atoms. The second-order valence-electron chi connectivity index (χ2n) is 6.75. The Kier molecular flexibility index (Phi) is 5.19. The lowest BCUT2D eigenvalue weighted by molar-refractivity contribution is 0.482. The quantitative estimate of drug-likeness (QED) is 0.436. The van der Waals surface area contributed by atoms with Gasteiger partial charge in [0.25, 0.3) is 10.0 Å². The van der Waals surface area contributed by atoms with Gasteiger partial charge >= 0.3 is 0 Å². The first kappa shape index (κ1) is 20.0. The minimum atomic E-state index is -3.84. The Hall–Kier alpha value is -2.28. The summed E-state index contributed by atoms with van der Waals surface area (Å²) in [6.07, 6.45) is 5.63. The zero-order valence-electron chi connectivity index (χ0n) is 15.1. The number of anilines is 1. The zero-order chi connectivity index (χ0) is 20.6. The van der Waals surface area contributed by atoms with E-state index >= 15 is 0 Å². The topological polar surface area (TPSA) is 66.4 Å². The molecule has 3 aromatic rings. The third-order valence-electron chi connectivity index (χ3n) is 4.89. The van der Waals surface area contributed by atoms with Gasteiger partial charge in [-0.2, -0.15) is 0 Å². The molecule has 0 aromatic heterocycles. The summed E-state index contributed by atoms with van der Waals surface area (Å²) >= 11 is 9.38. The molecule has 0 saturated carbocycles. The number of alkyl halides is 1. The van der Waals surface area contributed by atoms with Gasteiger partial charge in [0.1, 0.15) is 5.75 Å². The average molecular weight is 491 g/mol. The Balaban J connectivity index is 1.65. The normalized spacial score (nSPS) is 19.2. The third-order valence-corrected chi connectivity index (χ3v) is 8.75. The summed E-state index contributed by atoms with van der Waals surface area (Å²) in [6, 6.07) is 18.0. The van der Waals surface area contributed by atoms with Crippen LogP contribution >= 0.6 is 27.5 Å². The summed E-state index contributed by atoms with van der Waals surface area (Å²) in [6.45, 7) is 0. The highest BCUT2D eigenvalue weighted by Crippen LogP contribution is 2.40. The molecule has 1 atom stereocenters. The number of allylic oxidation sites excluding steroid dienone is 3. The molecule has 4 nitrogen and oxygen atoms in total. The SMILES string of the molecule is O=S(=O)(Nc1cccc2c(O)c(Cl)ccc12)C1(Br)C=CC(c2ccccc2)=CC1. The average Bonchev–Trinajstić information content (AvgIpc) is 2.72. The van der Waals surface area contributed by atoms with E-state index < -0.39 is 13.7 Å². The van der Waals surface area contributed by atoms with Crippen molar-refractivity contribution in [2.24, 2.45) is 0 Å². The van der Waals surface area contributed by atoms with Gasteiger partial charge in [-0.25, -0.2) is 8.42 Å².